The summed E-state index contributed by atoms with van der Waals surface area (Å²) in [6.45, 7) is 6.19. The summed E-state index contributed by atoms with van der Waals surface area (Å²) < 4.78 is 14.8. The zero-order valence-electron chi connectivity index (χ0n) is 11.2. The fourth-order valence-electron chi connectivity index (χ4n) is 2.60. The molecule has 1 aromatic rings. The molecule has 1 heterocycles. The summed E-state index contributed by atoms with van der Waals surface area (Å²) in [5.41, 5.74) is 6.97. The van der Waals surface area contributed by atoms with Crippen LogP contribution in [0.25, 0.3) is 0 Å². The van der Waals surface area contributed by atoms with Crippen molar-refractivity contribution in [2.45, 2.75) is 26.7 Å². The number of benzene rings is 1. The first kappa shape index (κ1) is 14.7. The van der Waals surface area contributed by atoms with E-state index in [1.54, 1.807) is 12.1 Å². The lowest BCUT2D eigenvalue weighted by molar-refractivity contribution is 0.292. The standard InChI is InChI=1S/C14H18BrFN2S/c1-14(2)6-3-7-18(8-14)10-5-4-9(13(17)19)11(15)12(10)16/h4-5H,3,6-8H2,1-2H3,(H2,17,19). The van der Waals surface area contributed by atoms with E-state index in [0.29, 0.717) is 15.7 Å². The van der Waals surface area contributed by atoms with E-state index in [0.717, 1.165) is 19.5 Å². The number of nitrogens with zero attached hydrogens (tertiary/aromatic N) is 1. The van der Waals surface area contributed by atoms with Crippen LogP contribution < -0.4 is 10.6 Å². The molecule has 0 saturated carbocycles. The number of nitrogens with two attached hydrogens (primary N) is 1. The second-order valence-electron chi connectivity index (χ2n) is 5.81. The zero-order valence-corrected chi connectivity index (χ0v) is 13.6. The van der Waals surface area contributed by atoms with Crippen molar-refractivity contribution < 1.29 is 4.39 Å². The van der Waals surface area contributed by atoms with Gasteiger partial charge in [0.2, 0.25) is 0 Å². The highest BCUT2D eigenvalue weighted by atomic mass is 79.9. The van der Waals surface area contributed by atoms with E-state index >= 15 is 0 Å². The molecule has 0 atom stereocenters. The number of anilines is 1. The smallest absolute Gasteiger partial charge is 0.161 e. The van der Waals surface area contributed by atoms with Crippen molar-refractivity contribution in [3.63, 3.8) is 0 Å². The molecular formula is C14H18BrFN2S. The molecule has 0 amide bonds. The van der Waals surface area contributed by atoms with E-state index in [9.17, 15) is 4.39 Å². The van der Waals surface area contributed by atoms with Crippen LogP contribution in [0.4, 0.5) is 10.1 Å². The predicted octanol–water partition coefficient (Wildman–Crippen LogP) is 3.85. The van der Waals surface area contributed by atoms with Crippen molar-refractivity contribution in [3.8, 4) is 0 Å². The van der Waals surface area contributed by atoms with Gasteiger partial charge in [-0.05, 0) is 46.3 Å². The summed E-state index contributed by atoms with van der Waals surface area (Å²) in [5.74, 6) is -0.275. The summed E-state index contributed by atoms with van der Waals surface area (Å²) in [4.78, 5) is 2.31. The van der Waals surface area contributed by atoms with Gasteiger partial charge in [0.05, 0.1) is 10.2 Å². The summed E-state index contributed by atoms with van der Waals surface area (Å²) in [7, 11) is 0. The Kier molecular flexibility index (Phi) is 4.16. The number of hydrogen-bond acceptors (Lipinski definition) is 2. The number of piperidine rings is 1. The van der Waals surface area contributed by atoms with Crippen LogP contribution in [0.2, 0.25) is 0 Å². The second-order valence-corrected chi connectivity index (χ2v) is 7.05. The number of thiocarbonyl (C=S) groups is 1. The van der Waals surface area contributed by atoms with Gasteiger partial charge >= 0.3 is 0 Å². The first-order chi connectivity index (χ1) is 8.82. The van der Waals surface area contributed by atoms with Gasteiger partial charge in [0, 0.05) is 18.7 Å². The predicted molar refractivity (Wildman–Crippen MR) is 85.2 cm³/mol. The fourth-order valence-corrected chi connectivity index (χ4v) is 3.45. The fraction of sp³-hybridized carbons (Fsp3) is 0.500. The molecule has 1 aromatic carbocycles. The van der Waals surface area contributed by atoms with E-state index in [1.807, 2.05) is 0 Å². The Morgan fingerprint density at radius 2 is 2.16 bits per heavy atom. The zero-order chi connectivity index (χ0) is 14.2. The van der Waals surface area contributed by atoms with E-state index < -0.39 is 0 Å². The molecule has 0 spiro atoms. The molecule has 2 N–H and O–H groups in total. The molecule has 2 rings (SSSR count). The minimum absolute atomic E-state index is 0.205. The molecule has 1 saturated heterocycles. The van der Waals surface area contributed by atoms with Crippen molar-refractivity contribution in [1.82, 2.24) is 0 Å². The van der Waals surface area contributed by atoms with Crippen LogP contribution in [0, 0.1) is 11.2 Å². The lowest BCUT2D eigenvalue weighted by atomic mass is 9.84. The van der Waals surface area contributed by atoms with Gasteiger partial charge in [-0.3, -0.25) is 0 Å². The molecule has 104 valence electrons. The maximum Gasteiger partial charge on any atom is 0.161 e. The van der Waals surface area contributed by atoms with Crippen molar-refractivity contribution in [2.75, 3.05) is 18.0 Å². The summed E-state index contributed by atoms with van der Waals surface area (Å²) >= 11 is 8.17. The third-order valence-corrected chi connectivity index (χ3v) is 4.56. The Balaban J connectivity index is 2.36. The largest absolute Gasteiger partial charge is 0.389 e. The molecule has 0 aromatic heterocycles. The van der Waals surface area contributed by atoms with Gasteiger partial charge in [-0.2, -0.15) is 0 Å². The SMILES string of the molecule is CC1(C)CCCN(c2ccc(C(N)=S)c(Br)c2F)C1. The topological polar surface area (TPSA) is 29.3 Å². The van der Waals surface area contributed by atoms with Crippen LogP contribution in [0.15, 0.2) is 16.6 Å². The first-order valence-electron chi connectivity index (χ1n) is 6.34. The molecule has 0 bridgehead atoms. The number of rotatable bonds is 2. The Bertz CT molecular complexity index is 516. The lowest BCUT2D eigenvalue weighted by Gasteiger charge is -2.39. The molecule has 1 aliphatic heterocycles. The maximum atomic E-state index is 14.5. The molecule has 19 heavy (non-hydrogen) atoms. The van der Waals surface area contributed by atoms with Gasteiger partial charge < -0.3 is 10.6 Å². The third kappa shape index (κ3) is 3.08. The lowest BCUT2D eigenvalue weighted by Crippen LogP contribution is -2.40. The highest BCUT2D eigenvalue weighted by molar-refractivity contribution is 9.10. The van der Waals surface area contributed by atoms with Crippen LogP contribution in [0.1, 0.15) is 32.3 Å². The van der Waals surface area contributed by atoms with Gasteiger partial charge in [0.1, 0.15) is 4.99 Å². The second kappa shape index (κ2) is 5.37. The third-order valence-electron chi connectivity index (χ3n) is 3.57. The molecular weight excluding hydrogens is 327 g/mol. The molecule has 0 radical (unpaired) electrons. The minimum atomic E-state index is -0.275. The summed E-state index contributed by atoms with van der Waals surface area (Å²) in [6, 6.07) is 3.56. The van der Waals surface area contributed by atoms with Crippen molar-refractivity contribution in [1.29, 1.82) is 0 Å². The van der Waals surface area contributed by atoms with Crippen LogP contribution in [-0.4, -0.2) is 18.1 Å². The molecule has 1 aliphatic rings. The van der Waals surface area contributed by atoms with E-state index in [-0.39, 0.29) is 16.2 Å². The Labute approximate surface area is 127 Å². The maximum absolute atomic E-state index is 14.5. The number of halogens is 2. The molecule has 0 unspecified atom stereocenters. The highest BCUT2D eigenvalue weighted by Crippen LogP contribution is 2.35. The van der Waals surface area contributed by atoms with Crippen LogP contribution >= 0.6 is 28.1 Å². The quantitative estimate of drug-likeness (QED) is 0.826. The first-order valence-corrected chi connectivity index (χ1v) is 7.55. The van der Waals surface area contributed by atoms with Gasteiger partial charge in [0.25, 0.3) is 0 Å². The number of hydrogen-bond donors (Lipinski definition) is 1. The van der Waals surface area contributed by atoms with E-state index in [1.165, 1.54) is 6.42 Å². The van der Waals surface area contributed by atoms with Crippen molar-refractivity contribution in [3.05, 3.63) is 28.0 Å². The Hall–Kier alpha value is -0.680. The van der Waals surface area contributed by atoms with Crippen molar-refractivity contribution in [2.24, 2.45) is 11.1 Å². The van der Waals surface area contributed by atoms with Crippen molar-refractivity contribution >= 4 is 38.8 Å². The van der Waals surface area contributed by atoms with Crippen LogP contribution in [0.5, 0.6) is 0 Å². The van der Waals surface area contributed by atoms with Gasteiger partial charge in [-0.1, -0.05) is 26.1 Å². The summed E-state index contributed by atoms with van der Waals surface area (Å²) in [5, 5.41) is 0. The average molecular weight is 345 g/mol. The average Bonchev–Trinajstić information content (AvgIpc) is 2.30. The highest BCUT2D eigenvalue weighted by Gasteiger charge is 2.28. The van der Waals surface area contributed by atoms with Gasteiger partial charge in [-0.15, -0.1) is 0 Å². The molecule has 1 fully saturated rings. The normalized spacial score (nSPS) is 18.4. The Morgan fingerprint density at radius 3 is 2.74 bits per heavy atom. The van der Waals surface area contributed by atoms with Crippen LogP contribution in [0.3, 0.4) is 0 Å². The monoisotopic (exact) mass is 344 g/mol. The van der Waals surface area contributed by atoms with Crippen LogP contribution in [-0.2, 0) is 0 Å². The van der Waals surface area contributed by atoms with E-state index in [4.69, 9.17) is 18.0 Å². The molecule has 5 heteroatoms. The Morgan fingerprint density at radius 1 is 1.47 bits per heavy atom. The molecule has 0 aliphatic carbocycles. The minimum Gasteiger partial charge on any atom is -0.389 e. The molecule has 2 nitrogen and oxygen atoms in total. The summed E-state index contributed by atoms with van der Waals surface area (Å²) in [6.07, 6.45) is 2.26. The van der Waals surface area contributed by atoms with Gasteiger partial charge in [0.15, 0.2) is 5.82 Å². The van der Waals surface area contributed by atoms with E-state index in [2.05, 4.69) is 34.7 Å². The van der Waals surface area contributed by atoms with Gasteiger partial charge in [-0.25, -0.2) is 4.39 Å².